The highest BCUT2D eigenvalue weighted by molar-refractivity contribution is 8.00. The zero-order chi connectivity index (χ0) is 17.0. The number of amides is 1. The monoisotopic (exact) mass is 329 g/mol. The molecule has 0 radical (unpaired) electrons. The summed E-state index contributed by atoms with van der Waals surface area (Å²) in [4.78, 5) is 27.1. The van der Waals surface area contributed by atoms with Crippen LogP contribution in [0.4, 0.5) is 5.69 Å². The molecule has 0 saturated heterocycles. The van der Waals surface area contributed by atoms with Gasteiger partial charge in [0.05, 0.1) is 11.7 Å². The van der Waals surface area contributed by atoms with Crippen molar-refractivity contribution in [2.24, 2.45) is 0 Å². The van der Waals surface area contributed by atoms with Gasteiger partial charge in [0.2, 0.25) is 5.91 Å². The minimum Gasteiger partial charge on any atom is -0.545 e. The molecule has 0 fully saturated rings. The Kier molecular flexibility index (Phi) is 5.39. The van der Waals surface area contributed by atoms with E-state index < -0.39 is 5.97 Å². The van der Waals surface area contributed by atoms with Crippen LogP contribution in [0.1, 0.15) is 27.0 Å². The fourth-order valence-electron chi connectivity index (χ4n) is 2.35. The molecule has 0 aliphatic heterocycles. The number of benzene rings is 1. The van der Waals surface area contributed by atoms with E-state index in [1.54, 1.807) is 0 Å². The number of carboxylic acid groups (broad SMARTS) is 1. The lowest BCUT2D eigenvalue weighted by atomic mass is 10.1. The molecule has 0 aliphatic carbocycles. The number of rotatable bonds is 5. The van der Waals surface area contributed by atoms with Gasteiger partial charge in [-0.25, -0.2) is 4.98 Å². The van der Waals surface area contributed by atoms with Gasteiger partial charge in [0.25, 0.3) is 0 Å². The number of nitrogens with one attached hydrogen (secondary N) is 1. The molecule has 0 saturated carbocycles. The van der Waals surface area contributed by atoms with Crippen LogP contribution in [0.15, 0.2) is 35.5 Å². The Morgan fingerprint density at radius 2 is 1.87 bits per heavy atom. The minimum atomic E-state index is -1.30. The molecule has 0 aliphatic rings. The van der Waals surface area contributed by atoms with Gasteiger partial charge in [-0.2, -0.15) is 0 Å². The van der Waals surface area contributed by atoms with E-state index in [1.807, 2.05) is 32.9 Å². The number of aryl methyl sites for hydroxylation is 3. The number of anilines is 1. The third-order valence-electron chi connectivity index (χ3n) is 3.27. The first-order valence-corrected chi connectivity index (χ1v) is 8.04. The minimum absolute atomic E-state index is 0.00648. The highest BCUT2D eigenvalue weighted by Gasteiger charge is 2.11. The van der Waals surface area contributed by atoms with Crippen molar-refractivity contribution in [1.82, 2.24) is 4.98 Å². The summed E-state index contributed by atoms with van der Waals surface area (Å²) in [5.74, 6) is -1.43. The summed E-state index contributed by atoms with van der Waals surface area (Å²) >= 11 is 1.07. The summed E-state index contributed by atoms with van der Waals surface area (Å²) in [7, 11) is 0. The molecule has 0 spiro atoms. The molecule has 1 aromatic heterocycles. The lowest BCUT2D eigenvalue weighted by Crippen LogP contribution is -2.23. The van der Waals surface area contributed by atoms with Crippen LogP contribution in [0.5, 0.6) is 0 Å². The largest absolute Gasteiger partial charge is 0.545 e. The molecule has 5 nitrogen and oxygen atoms in total. The molecule has 1 N–H and O–H groups in total. The highest BCUT2D eigenvalue weighted by Crippen LogP contribution is 2.23. The van der Waals surface area contributed by atoms with Crippen molar-refractivity contribution >= 4 is 29.3 Å². The third-order valence-corrected chi connectivity index (χ3v) is 4.28. The van der Waals surface area contributed by atoms with Gasteiger partial charge in [0, 0.05) is 17.4 Å². The number of nitrogens with zero attached hydrogens (tertiary/aromatic N) is 1. The maximum absolute atomic E-state index is 12.1. The van der Waals surface area contributed by atoms with Crippen molar-refractivity contribution < 1.29 is 14.7 Å². The van der Waals surface area contributed by atoms with Gasteiger partial charge in [0.1, 0.15) is 5.03 Å². The van der Waals surface area contributed by atoms with E-state index in [-0.39, 0.29) is 22.2 Å². The van der Waals surface area contributed by atoms with E-state index in [4.69, 9.17) is 0 Å². The molecule has 2 aromatic rings. The van der Waals surface area contributed by atoms with Crippen LogP contribution in [0.3, 0.4) is 0 Å². The van der Waals surface area contributed by atoms with E-state index in [9.17, 15) is 14.7 Å². The highest BCUT2D eigenvalue weighted by atomic mass is 32.2. The number of carbonyl (C=O) groups is 2. The van der Waals surface area contributed by atoms with Gasteiger partial charge in [-0.3, -0.25) is 4.79 Å². The molecule has 6 heteroatoms. The molecular formula is C17H17N2O3S-. The number of thioether (sulfide) groups is 1. The Bertz CT molecular complexity index is 736. The summed E-state index contributed by atoms with van der Waals surface area (Å²) < 4.78 is 0. The average molecular weight is 329 g/mol. The number of carboxylic acids is 1. The molecule has 1 aromatic carbocycles. The fraction of sp³-hybridized carbons (Fsp3) is 0.235. The zero-order valence-corrected chi connectivity index (χ0v) is 14.0. The SMILES string of the molecule is Cc1cc(C)c(NC(=O)CSc2ncccc2C(=O)[O-])c(C)c1. The average Bonchev–Trinajstić information content (AvgIpc) is 2.49. The first kappa shape index (κ1) is 17.0. The lowest BCUT2D eigenvalue weighted by Gasteiger charge is -2.13. The van der Waals surface area contributed by atoms with E-state index in [2.05, 4.69) is 10.3 Å². The molecule has 0 atom stereocenters. The molecular weight excluding hydrogens is 312 g/mol. The number of pyridine rings is 1. The number of aromatic carboxylic acids is 1. The molecule has 1 amide bonds. The second-order valence-corrected chi connectivity index (χ2v) is 6.22. The first-order valence-electron chi connectivity index (χ1n) is 7.05. The van der Waals surface area contributed by atoms with Crippen LogP contribution >= 0.6 is 11.8 Å². The first-order chi connectivity index (χ1) is 10.9. The van der Waals surface area contributed by atoms with E-state index in [0.717, 1.165) is 34.1 Å². The Morgan fingerprint density at radius 3 is 2.48 bits per heavy atom. The van der Waals surface area contributed by atoms with Gasteiger partial charge < -0.3 is 15.2 Å². The van der Waals surface area contributed by atoms with E-state index >= 15 is 0 Å². The van der Waals surface area contributed by atoms with Crippen LogP contribution in [-0.4, -0.2) is 22.6 Å². The van der Waals surface area contributed by atoms with Crippen LogP contribution < -0.4 is 10.4 Å². The topological polar surface area (TPSA) is 82.1 Å². The predicted molar refractivity (Wildman–Crippen MR) is 88.6 cm³/mol. The second-order valence-electron chi connectivity index (χ2n) is 5.25. The Hall–Kier alpha value is -2.34. The van der Waals surface area contributed by atoms with Gasteiger partial charge in [-0.15, -0.1) is 0 Å². The van der Waals surface area contributed by atoms with Gasteiger partial charge in [0.15, 0.2) is 0 Å². The summed E-state index contributed by atoms with van der Waals surface area (Å²) in [5, 5.41) is 14.2. The van der Waals surface area contributed by atoms with Gasteiger partial charge >= 0.3 is 0 Å². The maximum Gasteiger partial charge on any atom is 0.234 e. The maximum atomic E-state index is 12.1. The molecule has 2 rings (SSSR count). The molecule has 1 heterocycles. The predicted octanol–water partition coefficient (Wildman–Crippen LogP) is 2.10. The number of hydrogen-bond acceptors (Lipinski definition) is 5. The van der Waals surface area contributed by atoms with Crippen LogP contribution in [0.25, 0.3) is 0 Å². The van der Waals surface area contributed by atoms with Crippen molar-refractivity contribution in [2.75, 3.05) is 11.1 Å². The van der Waals surface area contributed by atoms with Crippen molar-refractivity contribution in [2.45, 2.75) is 25.8 Å². The van der Waals surface area contributed by atoms with Crippen molar-refractivity contribution in [1.29, 1.82) is 0 Å². The number of hydrogen-bond donors (Lipinski definition) is 1. The van der Waals surface area contributed by atoms with Crippen molar-refractivity contribution in [3.63, 3.8) is 0 Å². The Morgan fingerprint density at radius 1 is 1.22 bits per heavy atom. The summed E-state index contributed by atoms with van der Waals surface area (Å²) in [6.07, 6.45) is 1.49. The summed E-state index contributed by atoms with van der Waals surface area (Å²) in [6, 6.07) is 6.94. The van der Waals surface area contributed by atoms with Crippen LogP contribution in [-0.2, 0) is 4.79 Å². The summed E-state index contributed by atoms with van der Waals surface area (Å²) in [6.45, 7) is 5.88. The van der Waals surface area contributed by atoms with Crippen LogP contribution in [0.2, 0.25) is 0 Å². The quantitative estimate of drug-likeness (QED) is 0.850. The molecule has 23 heavy (non-hydrogen) atoms. The van der Waals surface area contributed by atoms with E-state index in [1.165, 1.54) is 18.3 Å². The van der Waals surface area contributed by atoms with Crippen LogP contribution in [0, 0.1) is 20.8 Å². The number of aromatic nitrogens is 1. The third kappa shape index (κ3) is 4.32. The van der Waals surface area contributed by atoms with Crippen molar-refractivity contribution in [3.8, 4) is 0 Å². The smallest absolute Gasteiger partial charge is 0.234 e. The van der Waals surface area contributed by atoms with Gasteiger partial charge in [-0.1, -0.05) is 29.5 Å². The molecule has 120 valence electrons. The Labute approximate surface area is 139 Å². The fourth-order valence-corrected chi connectivity index (χ4v) is 3.13. The molecule has 0 unspecified atom stereocenters. The summed E-state index contributed by atoms with van der Waals surface area (Å²) in [5.41, 5.74) is 3.91. The normalized spacial score (nSPS) is 10.4. The Balaban J connectivity index is 2.06. The van der Waals surface area contributed by atoms with Crippen molar-refractivity contribution in [3.05, 3.63) is 52.7 Å². The standard InChI is InChI=1S/C17H18N2O3S/c1-10-7-11(2)15(12(3)8-10)19-14(20)9-23-16-13(17(21)22)5-4-6-18-16/h4-8H,9H2,1-3H3,(H,19,20)(H,21,22)/p-1. The number of carbonyl (C=O) groups excluding carboxylic acids is 2. The zero-order valence-electron chi connectivity index (χ0n) is 13.2. The van der Waals surface area contributed by atoms with Gasteiger partial charge in [-0.05, 0) is 44.0 Å². The molecule has 0 bridgehead atoms. The van der Waals surface area contributed by atoms with E-state index in [0.29, 0.717) is 0 Å². The second kappa shape index (κ2) is 7.28. The lowest BCUT2D eigenvalue weighted by molar-refractivity contribution is -0.255.